The third-order valence-corrected chi connectivity index (χ3v) is 4.52. The van der Waals surface area contributed by atoms with Crippen LogP contribution in [0.25, 0.3) is 0 Å². The van der Waals surface area contributed by atoms with Gasteiger partial charge in [-0.05, 0) is 32.1 Å². The zero-order chi connectivity index (χ0) is 13.2. The van der Waals surface area contributed by atoms with Gasteiger partial charge >= 0.3 is 5.97 Å². The molecule has 0 bridgehead atoms. The van der Waals surface area contributed by atoms with Crippen LogP contribution in [0.1, 0.15) is 58.3 Å². The molecule has 1 heterocycles. The molecule has 2 rings (SSSR count). The van der Waals surface area contributed by atoms with E-state index in [0.29, 0.717) is 13.0 Å². The van der Waals surface area contributed by atoms with Gasteiger partial charge in [-0.15, -0.1) is 0 Å². The van der Waals surface area contributed by atoms with Crippen molar-refractivity contribution in [3.63, 3.8) is 0 Å². The van der Waals surface area contributed by atoms with Crippen LogP contribution in [-0.2, 0) is 9.59 Å². The molecule has 2 fully saturated rings. The molecule has 0 aromatic rings. The Morgan fingerprint density at radius 1 is 1.11 bits per heavy atom. The number of carbonyl (C=O) groups is 2. The van der Waals surface area contributed by atoms with Gasteiger partial charge in [0.05, 0.1) is 0 Å². The number of hydrogen-bond donors (Lipinski definition) is 1. The molecule has 1 amide bonds. The highest BCUT2D eigenvalue weighted by Crippen LogP contribution is 2.38. The summed E-state index contributed by atoms with van der Waals surface area (Å²) in [5.74, 6) is -0.767. The summed E-state index contributed by atoms with van der Waals surface area (Å²) >= 11 is 0. The maximum Gasteiger partial charge on any atom is 0.326 e. The van der Waals surface area contributed by atoms with E-state index in [0.717, 1.165) is 38.5 Å². The van der Waals surface area contributed by atoms with Crippen molar-refractivity contribution in [3.05, 3.63) is 0 Å². The van der Waals surface area contributed by atoms with E-state index >= 15 is 0 Å². The lowest BCUT2D eigenvalue weighted by Gasteiger charge is -2.41. The summed E-state index contributed by atoms with van der Waals surface area (Å²) in [6, 6.07) is -0.593. The predicted octanol–water partition coefficient (Wildman–Crippen LogP) is 2.42. The number of aliphatic carboxylic acids is 1. The summed E-state index contributed by atoms with van der Waals surface area (Å²) in [6.45, 7) is 2.63. The molecule has 1 N–H and O–H groups in total. The summed E-state index contributed by atoms with van der Waals surface area (Å²) in [5.41, 5.74) is -0.316. The molecule has 4 heteroatoms. The Kier molecular flexibility index (Phi) is 3.93. The van der Waals surface area contributed by atoms with E-state index in [9.17, 15) is 14.7 Å². The third kappa shape index (κ3) is 2.52. The summed E-state index contributed by atoms with van der Waals surface area (Å²) < 4.78 is 0. The van der Waals surface area contributed by atoms with Crippen LogP contribution in [0.15, 0.2) is 0 Å². The highest BCUT2D eigenvalue weighted by atomic mass is 16.4. The topological polar surface area (TPSA) is 57.6 Å². The Hall–Kier alpha value is -1.06. The first kappa shape index (κ1) is 13.4. The van der Waals surface area contributed by atoms with Crippen LogP contribution in [0.5, 0.6) is 0 Å². The van der Waals surface area contributed by atoms with Crippen molar-refractivity contribution >= 4 is 11.9 Å². The Morgan fingerprint density at radius 3 is 2.39 bits per heavy atom. The quantitative estimate of drug-likeness (QED) is 0.822. The number of likely N-dealkylation sites (tertiary alicyclic amines) is 1. The van der Waals surface area contributed by atoms with E-state index in [4.69, 9.17) is 0 Å². The van der Waals surface area contributed by atoms with E-state index in [2.05, 4.69) is 0 Å². The average Bonchev–Trinajstić information content (AvgIpc) is 2.38. The molecule has 102 valence electrons. The van der Waals surface area contributed by atoms with Gasteiger partial charge in [0.1, 0.15) is 6.04 Å². The molecule has 18 heavy (non-hydrogen) atoms. The first-order valence-electron chi connectivity index (χ1n) is 7.08. The first-order chi connectivity index (χ1) is 8.54. The molecule has 0 spiro atoms. The van der Waals surface area contributed by atoms with Crippen molar-refractivity contribution in [2.75, 3.05) is 6.54 Å². The molecule has 0 aromatic heterocycles. The monoisotopic (exact) mass is 253 g/mol. The Morgan fingerprint density at radius 2 is 1.78 bits per heavy atom. The zero-order valence-corrected chi connectivity index (χ0v) is 11.2. The van der Waals surface area contributed by atoms with E-state index in [1.54, 1.807) is 4.90 Å². The highest BCUT2D eigenvalue weighted by Gasteiger charge is 2.42. The summed E-state index contributed by atoms with van der Waals surface area (Å²) in [6.07, 6.45) is 7.66. The van der Waals surface area contributed by atoms with E-state index in [-0.39, 0.29) is 11.3 Å². The van der Waals surface area contributed by atoms with Gasteiger partial charge < -0.3 is 10.0 Å². The lowest BCUT2D eigenvalue weighted by Crippen LogP contribution is -2.53. The van der Waals surface area contributed by atoms with Gasteiger partial charge in [-0.25, -0.2) is 4.79 Å². The molecule has 1 saturated carbocycles. The number of rotatable bonds is 2. The summed E-state index contributed by atoms with van der Waals surface area (Å²) in [4.78, 5) is 25.6. The van der Waals surface area contributed by atoms with Crippen molar-refractivity contribution < 1.29 is 14.7 Å². The van der Waals surface area contributed by atoms with Crippen LogP contribution < -0.4 is 0 Å². The molecule has 1 aliphatic carbocycles. The maximum absolute atomic E-state index is 12.7. The highest BCUT2D eigenvalue weighted by molar-refractivity contribution is 5.87. The molecule has 1 atom stereocenters. The van der Waals surface area contributed by atoms with Crippen LogP contribution >= 0.6 is 0 Å². The number of carbonyl (C=O) groups excluding carboxylic acids is 1. The number of carboxylic acids is 1. The first-order valence-corrected chi connectivity index (χ1v) is 7.08. The van der Waals surface area contributed by atoms with Gasteiger partial charge in [-0.1, -0.05) is 26.2 Å². The number of hydrogen-bond acceptors (Lipinski definition) is 2. The Balaban J connectivity index is 2.12. The van der Waals surface area contributed by atoms with Crippen molar-refractivity contribution in [1.29, 1.82) is 0 Å². The molecule has 4 nitrogen and oxygen atoms in total. The summed E-state index contributed by atoms with van der Waals surface area (Å²) in [7, 11) is 0. The van der Waals surface area contributed by atoms with Crippen LogP contribution in [0.3, 0.4) is 0 Å². The second-order valence-corrected chi connectivity index (χ2v) is 5.97. The molecule has 1 aliphatic heterocycles. The second kappa shape index (κ2) is 5.29. The van der Waals surface area contributed by atoms with Crippen LogP contribution in [0, 0.1) is 5.41 Å². The predicted molar refractivity (Wildman–Crippen MR) is 68.2 cm³/mol. The molecule has 0 aromatic carbocycles. The van der Waals surface area contributed by atoms with Crippen LogP contribution in [0.4, 0.5) is 0 Å². The van der Waals surface area contributed by atoms with Crippen molar-refractivity contribution in [3.8, 4) is 0 Å². The Bertz CT molecular complexity index is 334. The van der Waals surface area contributed by atoms with Crippen LogP contribution in [0.2, 0.25) is 0 Å². The minimum atomic E-state index is -0.845. The van der Waals surface area contributed by atoms with Gasteiger partial charge in [0, 0.05) is 12.0 Å². The summed E-state index contributed by atoms with van der Waals surface area (Å²) in [5, 5.41) is 9.25. The van der Waals surface area contributed by atoms with Gasteiger partial charge in [0.2, 0.25) is 5.91 Å². The third-order valence-electron chi connectivity index (χ3n) is 4.52. The molecule has 1 unspecified atom stereocenters. The molecule has 1 saturated heterocycles. The largest absolute Gasteiger partial charge is 0.480 e. The SMILES string of the molecule is CC1(C(=O)N2CCCCC2C(=O)O)CCCCC1. The van der Waals surface area contributed by atoms with E-state index in [1.807, 2.05) is 6.92 Å². The molecule has 0 radical (unpaired) electrons. The number of amides is 1. The maximum atomic E-state index is 12.7. The number of piperidine rings is 1. The average molecular weight is 253 g/mol. The minimum absolute atomic E-state index is 0.0781. The fourth-order valence-electron chi connectivity index (χ4n) is 3.32. The molecule has 2 aliphatic rings. The lowest BCUT2D eigenvalue weighted by atomic mass is 9.74. The number of nitrogens with zero attached hydrogens (tertiary/aromatic N) is 1. The molecular weight excluding hydrogens is 230 g/mol. The van der Waals surface area contributed by atoms with E-state index < -0.39 is 12.0 Å². The minimum Gasteiger partial charge on any atom is -0.480 e. The van der Waals surface area contributed by atoms with Gasteiger partial charge in [-0.2, -0.15) is 0 Å². The lowest BCUT2D eigenvalue weighted by molar-refractivity contribution is -0.158. The normalized spacial score (nSPS) is 27.8. The van der Waals surface area contributed by atoms with Gasteiger partial charge in [0.15, 0.2) is 0 Å². The second-order valence-electron chi connectivity index (χ2n) is 5.97. The standard InChI is InChI=1S/C14H23NO3/c1-14(8-4-2-5-9-14)13(18)15-10-6-3-7-11(15)12(16)17/h11H,2-10H2,1H3,(H,16,17). The zero-order valence-electron chi connectivity index (χ0n) is 11.2. The van der Waals surface area contributed by atoms with E-state index in [1.165, 1.54) is 6.42 Å². The molecular formula is C14H23NO3. The van der Waals surface area contributed by atoms with Crippen LogP contribution in [-0.4, -0.2) is 34.5 Å². The van der Waals surface area contributed by atoms with Gasteiger partial charge in [-0.3, -0.25) is 4.79 Å². The smallest absolute Gasteiger partial charge is 0.326 e. The van der Waals surface area contributed by atoms with Crippen molar-refractivity contribution in [2.45, 2.75) is 64.3 Å². The fourth-order valence-corrected chi connectivity index (χ4v) is 3.32. The number of carboxylic acid groups (broad SMARTS) is 1. The van der Waals surface area contributed by atoms with Crippen molar-refractivity contribution in [1.82, 2.24) is 4.90 Å². The van der Waals surface area contributed by atoms with Crippen molar-refractivity contribution in [2.24, 2.45) is 5.41 Å². The fraction of sp³-hybridized carbons (Fsp3) is 0.857. The Labute approximate surface area is 108 Å². The van der Waals surface area contributed by atoms with Gasteiger partial charge in [0.25, 0.3) is 0 Å².